The molecule has 0 aliphatic rings. The van der Waals surface area contributed by atoms with E-state index < -0.39 is 10.0 Å². The Morgan fingerprint density at radius 3 is 2.21 bits per heavy atom. The molecule has 0 fully saturated rings. The SMILES string of the molecule is Cc1ccc(S(=O)(=O)N/N=C/C(C)(C)C(C)C)cc1. The van der Waals surface area contributed by atoms with Crippen molar-refractivity contribution in [2.24, 2.45) is 16.4 Å². The van der Waals surface area contributed by atoms with Gasteiger partial charge in [-0.2, -0.15) is 13.5 Å². The first-order valence-corrected chi connectivity index (χ1v) is 7.76. The molecule has 1 rings (SSSR count). The maximum atomic E-state index is 12.0. The van der Waals surface area contributed by atoms with Crippen LogP contribution >= 0.6 is 0 Å². The Labute approximate surface area is 116 Å². The highest BCUT2D eigenvalue weighted by molar-refractivity contribution is 7.89. The Balaban J connectivity index is 2.82. The van der Waals surface area contributed by atoms with Gasteiger partial charge < -0.3 is 0 Å². The van der Waals surface area contributed by atoms with Crippen molar-refractivity contribution in [1.29, 1.82) is 0 Å². The van der Waals surface area contributed by atoms with Crippen LogP contribution in [0, 0.1) is 18.3 Å². The molecule has 0 unspecified atom stereocenters. The number of sulfonamides is 1. The van der Waals surface area contributed by atoms with Crippen LogP contribution in [0.4, 0.5) is 0 Å². The van der Waals surface area contributed by atoms with Gasteiger partial charge in [0.1, 0.15) is 0 Å². The average molecular weight is 282 g/mol. The molecule has 0 aromatic heterocycles. The molecule has 1 aromatic carbocycles. The molecular formula is C14H22N2O2S. The van der Waals surface area contributed by atoms with Crippen molar-refractivity contribution in [2.75, 3.05) is 0 Å². The molecule has 19 heavy (non-hydrogen) atoms. The van der Waals surface area contributed by atoms with Gasteiger partial charge in [-0.25, -0.2) is 4.83 Å². The molecule has 0 bridgehead atoms. The van der Waals surface area contributed by atoms with E-state index in [0.717, 1.165) is 5.56 Å². The van der Waals surface area contributed by atoms with Crippen molar-refractivity contribution in [3.8, 4) is 0 Å². The smallest absolute Gasteiger partial charge is 0.200 e. The van der Waals surface area contributed by atoms with E-state index in [9.17, 15) is 8.42 Å². The van der Waals surface area contributed by atoms with Gasteiger partial charge >= 0.3 is 0 Å². The third-order valence-electron chi connectivity index (χ3n) is 3.39. The van der Waals surface area contributed by atoms with Crippen molar-refractivity contribution in [3.63, 3.8) is 0 Å². The highest BCUT2D eigenvalue weighted by atomic mass is 32.2. The van der Waals surface area contributed by atoms with E-state index in [1.807, 2.05) is 20.8 Å². The van der Waals surface area contributed by atoms with Crippen molar-refractivity contribution in [2.45, 2.75) is 39.5 Å². The Bertz CT molecular complexity index is 543. The van der Waals surface area contributed by atoms with Crippen LogP contribution < -0.4 is 4.83 Å². The topological polar surface area (TPSA) is 58.5 Å². The van der Waals surface area contributed by atoms with Gasteiger partial charge in [0.15, 0.2) is 0 Å². The molecule has 0 radical (unpaired) electrons. The summed E-state index contributed by atoms with van der Waals surface area (Å²) in [6.07, 6.45) is 1.64. The van der Waals surface area contributed by atoms with E-state index in [-0.39, 0.29) is 10.3 Å². The Morgan fingerprint density at radius 1 is 1.21 bits per heavy atom. The molecule has 0 saturated carbocycles. The lowest BCUT2D eigenvalue weighted by atomic mass is 9.83. The second kappa shape index (κ2) is 5.74. The molecule has 4 nitrogen and oxygen atoms in total. The van der Waals surface area contributed by atoms with E-state index in [1.165, 1.54) is 0 Å². The summed E-state index contributed by atoms with van der Waals surface area (Å²) in [6.45, 7) is 10.1. The first-order chi connectivity index (χ1) is 8.65. The maximum Gasteiger partial charge on any atom is 0.276 e. The van der Waals surface area contributed by atoms with E-state index in [2.05, 4.69) is 23.8 Å². The molecule has 0 amide bonds. The Kier molecular flexibility index (Phi) is 4.74. The number of benzene rings is 1. The van der Waals surface area contributed by atoms with Crippen LogP contribution in [-0.4, -0.2) is 14.6 Å². The zero-order valence-electron chi connectivity index (χ0n) is 12.1. The number of nitrogens with one attached hydrogen (secondary N) is 1. The van der Waals surface area contributed by atoms with Gasteiger partial charge in [0.2, 0.25) is 0 Å². The van der Waals surface area contributed by atoms with E-state index in [0.29, 0.717) is 5.92 Å². The monoisotopic (exact) mass is 282 g/mol. The summed E-state index contributed by atoms with van der Waals surface area (Å²) >= 11 is 0. The molecule has 0 spiro atoms. The minimum absolute atomic E-state index is 0.157. The highest BCUT2D eigenvalue weighted by Crippen LogP contribution is 2.23. The van der Waals surface area contributed by atoms with Crippen LogP contribution in [0.25, 0.3) is 0 Å². The average Bonchev–Trinajstić information content (AvgIpc) is 2.28. The van der Waals surface area contributed by atoms with Crippen LogP contribution in [0.2, 0.25) is 0 Å². The quantitative estimate of drug-likeness (QED) is 0.667. The van der Waals surface area contributed by atoms with E-state index in [4.69, 9.17) is 0 Å². The molecule has 0 heterocycles. The lowest BCUT2D eigenvalue weighted by Crippen LogP contribution is -2.24. The molecule has 0 saturated heterocycles. The van der Waals surface area contributed by atoms with Gasteiger partial charge in [0.05, 0.1) is 4.90 Å². The second-order valence-corrected chi connectivity index (χ2v) is 7.30. The summed E-state index contributed by atoms with van der Waals surface area (Å²) in [4.78, 5) is 2.47. The van der Waals surface area contributed by atoms with Crippen LogP contribution in [0.15, 0.2) is 34.3 Å². The standard InChI is InChI=1S/C14H22N2O2S/c1-11(2)14(4,5)10-15-16-19(17,18)13-8-6-12(3)7-9-13/h6-11,16H,1-5H3/b15-10+. The van der Waals surface area contributed by atoms with Crippen LogP contribution in [0.5, 0.6) is 0 Å². The number of hydrogen-bond donors (Lipinski definition) is 1. The molecule has 0 aliphatic carbocycles. The fraction of sp³-hybridized carbons (Fsp3) is 0.500. The van der Waals surface area contributed by atoms with Crippen molar-refractivity contribution in [1.82, 2.24) is 4.83 Å². The predicted octanol–water partition coefficient (Wildman–Crippen LogP) is 2.94. The fourth-order valence-corrected chi connectivity index (χ4v) is 1.97. The Hall–Kier alpha value is -1.36. The van der Waals surface area contributed by atoms with Gasteiger partial charge in [-0.3, -0.25) is 0 Å². The molecule has 1 aromatic rings. The van der Waals surface area contributed by atoms with Crippen LogP contribution in [0.3, 0.4) is 0 Å². The molecular weight excluding hydrogens is 260 g/mol. The number of hydrogen-bond acceptors (Lipinski definition) is 3. The van der Waals surface area contributed by atoms with Crippen molar-refractivity contribution >= 4 is 16.2 Å². The summed E-state index contributed by atoms with van der Waals surface area (Å²) < 4.78 is 23.9. The van der Waals surface area contributed by atoms with Crippen molar-refractivity contribution < 1.29 is 8.42 Å². The number of hydrazone groups is 1. The zero-order valence-corrected chi connectivity index (χ0v) is 13.0. The number of rotatable bonds is 5. The summed E-state index contributed by atoms with van der Waals surface area (Å²) in [5, 5.41) is 3.87. The predicted molar refractivity (Wildman–Crippen MR) is 78.6 cm³/mol. The third kappa shape index (κ3) is 4.35. The lowest BCUT2D eigenvalue weighted by Gasteiger charge is -2.23. The maximum absolute atomic E-state index is 12.0. The minimum Gasteiger partial charge on any atom is -0.200 e. The summed E-state index contributed by atoms with van der Waals surface area (Å²) in [5.74, 6) is 0.375. The van der Waals surface area contributed by atoms with E-state index >= 15 is 0 Å². The normalized spacial score (nSPS) is 13.2. The van der Waals surface area contributed by atoms with Gasteiger partial charge in [0.25, 0.3) is 10.0 Å². The van der Waals surface area contributed by atoms with Gasteiger partial charge in [-0.1, -0.05) is 45.4 Å². The first-order valence-electron chi connectivity index (χ1n) is 6.28. The number of nitrogens with zero attached hydrogens (tertiary/aromatic N) is 1. The first kappa shape index (κ1) is 15.7. The molecule has 5 heteroatoms. The third-order valence-corrected chi connectivity index (χ3v) is 4.63. The molecule has 106 valence electrons. The summed E-state index contributed by atoms with van der Waals surface area (Å²) in [5.41, 5.74) is 0.860. The zero-order chi connectivity index (χ0) is 14.7. The molecule has 0 atom stereocenters. The van der Waals surface area contributed by atoms with Gasteiger partial charge in [-0.15, -0.1) is 0 Å². The Morgan fingerprint density at radius 2 is 1.74 bits per heavy atom. The lowest BCUT2D eigenvalue weighted by molar-refractivity contribution is 0.372. The second-order valence-electron chi connectivity index (χ2n) is 5.64. The van der Waals surface area contributed by atoms with Crippen molar-refractivity contribution in [3.05, 3.63) is 29.8 Å². The highest BCUT2D eigenvalue weighted by Gasteiger charge is 2.20. The fourth-order valence-electron chi connectivity index (χ4n) is 1.18. The van der Waals surface area contributed by atoms with Gasteiger partial charge in [0, 0.05) is 11.6 Å². The molecule has 1 N–H and O–H groups in total. The minimum atomic E-state index is -3.57. The van der Waals surface area contributed by atoms with Crippen LogP contribution in [0.1, 0.15) is 33.3 Å². The molecule has 0 aliphatic heterocycles. The summed E-state index contributed by atoms with van der Waals surface area (Å²) in [7, 11) is -3.57. The van der Waals surface area contributed by atoms with E-state index in [1.54, 1.807) is 30.5 Å². The summed E-state index contributed by atoms with van der Waals surface area (Å²) in [6, 6.07) is 6.66. The van der Waals surface area contributed by atoms with Crippen LogP contribution in [-0.2, 0) is 10.0 Å². The largest absolute Gasteiger partial charge is 0.276 e. The number of aryl methyl sites for hydroxylation is 1. The van der Waals surface area contributed by atoms with Gasteiger partial charge in [-0.05, 0) is 25.0 Å².